The highest BCUT2D eigenvalue weighted by Gasteiger charge is 2.26. The van der Waals surface area contributed by atoms with Crippen LogP contribution in [0.4, 0.5) is 4.79 Å². The summed E-state index contributed by atoms with van der Waals surface area (Å²) in [5.41, 5.74) is 0. The fourth-order valence-electron chi connectivity index (χ4n) is 1.75. The molecule has 1 rings (SSSR count). The Hall–Kier alpha value is -1.30. The van der Waals surface area contributed by atoms with Crippen molar-refractivity contribution >= 4 is 12.0 Å². The lowest BCUT2D eigenvalue weighted by Crippen LogP contribution is -2.49. The molecule has 1 atom stereocenters. The number of nitrogens with one attached hydrogen (secondary N) is 2. The predicted molar refractivity (Wildman–Crippen MR) is 68.4 cm³/mol. The first-order valence-electron chi connectivity index (χ1n) is 6.39. The highest BCUT2D eigenvalue weighted by atomic mass is 16.4. The van der Waals surface area contributed by atoms with Crippen LogP contribution >= 0.6 is 0 Å². The first kappa shape index (κ1) is 14.8. The van der Waals surface area contributed by atoms with Gasteiger partial charge in [0.25, 0.3) is 0 Å². The average molecular weight is 257 g/mol. The third-order valence-corrected chi connectivity index (χ3v) is 3.14. The topological polar surface area (TPSA) is 81.7 Å². The van der Waals surface area contributed by atoms with Gasteiger partial charge in [0, 0.05) is 19.1 Å². The quantitative estimate of drug-likeness (QED) is 0.620. The van der Waals surface area contributed by atoms with Gasteiger partial charge in [0.2, 0.25) is 0 Å². The zero-order chi connectivity index (χ0) is 13.7. The van der Waals surface area contributed by atoms with Crippen LogP contribution in [0.5, 0.6) is 0 Å². The van der Waals surface area contributed by atoms with Gasteiger partial charge < -0.3 is 20.6 Å². The molecule has 1 aliphatic carbocycles. The number of amides is 2. The first-order chi connectivity index (χ1) is 8.41. The molecule has 0 unspecified atom stereocenters. The number of carbonyl (C=O) groups is 2. The van der Waals surface area contributed by atoms with Crippen molar-refractivity contribution in [2.45, 2.75) is 38.8 Å². The normalized spacial score (nSPS) is 16.7. The molecule has 1 saturated carbocycles. The van der Waals surface area contributed by atoms with E-state index in [1.165, 1.54) is 12.8 Å². The van der Waals surface area contributed by atoms with E-state index >= 15 is 0 Å². The van der Waals surface area contributed by atoms with Gasteiger partial charge in [0.1, 0.15) is 6.04 Å². The Bertz CT molecular complexity index is 303. The molecule has 0 aliphatic heterocycles. The lowest BCUT2D eigenvalue weighted by molar-refractivity contribution is -0.140. The Morgan fingerprint density at radius 2 is 2.00 bits per heavy atom. The van der Waals surface area contributed by atoms with Crippen molar-refractivity contribution in [2.75, 3.05) is 20.1 Å². The number of carboxylic acid groups (broad SMARTS) is 1. The third kappa shape index (κ3) is 4.91. The largest absolute Gasteiger partial charge is 0.480 e. The van der Waals surface area contributed by atoms with Crippen LogP contribution < -0.4 is 10.6 Å². The summed E-state index contributed by atoms with van der Waals surface area (Å²) in [5.74, 6) is -1.14. The average Bonchev–Trinajstić information content (AvgIpc) is 3.08. The number of hydrogen-bond acceptors (Lipinski definition) is 3. The van der Waals surface area contributed by atoms with Gasteiger partial charge in [0.15, 0.2) is 0 Å². The number of hydrogen-bond donors (Lipinski definition) is 3. The maximum absolute atomic E-state index is 11.5. The second-order valence-corrected chi connectivity index (χ2v) is 5.17. The van der Waals surface area contributed by atoms with Gasteiger partial charge in [-0.1, -0.05) is 13.8 Å². The van der Waals surface area contributed by atoms with Crippen LogP contribution in [0.15, 0.2) is 0 Å². The van der Waals surface area contributed by atoms with Crippen LogP contribution in [0.1, 0.15) is 26.7 Å². The summed E-state index contributed by atoms with van der Waals surface area (Å²) in [7, 11) is 2.03. The van der Waals surface area contributed by atoms with E-state index in [1.54, 1.807) is 13.8 Å². The van der Waals surface area contributed by atoms with E-state index < -0.39 is 18.0 Å². The standard InChI is InChI=1S/C12H23N3O3/c1-8(2)10(11(16)17)14-12(18)13-6-7-15(3)9-4-5-9/h8-10H,4-7H2,1-3H3,(H,16,17)(H2,13,14,18)/t10-/m1/s1. The molecule has 0 spiro atoms. The summed E-state index contributed by atoms with van der Waals surface area (Å²) < 4.78 is 0. The molecule has 2 amide bonds. The van der Waals surface area contributed by atoms with E-state index in [4.69, 9.17) is 5.11 Å². The van der Waals surface area contributed by atoms with Crippen LogP contribution in [0.25, 0.3) is 0 Å². The Morgan fingerprint density at radius 1 is 1.39 bits per heavy atom. The molecular formula is C12H23N3O3. The minimum Gasteiger partial charge on any atom is -0.480 e. The summed E-state index contributed by atoms with van der Waals surface area (Å²) in [6.07, 6.45) is 2.47. The molecule has 6 nitrogen and oxygen atoms in total. The molecule has 6 heteroatoms. The second kappa shape index (κ2) is 6.58. The van der Waals surface area contributed by atoms with Gasteiger partial charge >= 0.3 is 12.0 Å². The summed E-state index contributed by atoms with van der Waals surface area (Å²) in [4.78, 5) is 24.6. The van der Waals surface area contributed by atoms with Crippen molar-refractivity contribution < 1.29 is 14.7 Å². The molecule has 0 bridgehead atoms. The highest BCUT2D eigenvalue weighted by Crippen LogP contribution is 2.24. The van der Waals surface area contributed by atoms with Gasteiger partial charge in [-0.2, -0.15) is 0 Å². The molecule has 18 heavy (non-hydrogen) atoms. The second-order valence-electron chi connectivity index (χ2n) is 5.17. The molecule has 3 N–H and O–H groups in total. The van der Waals surface area contributed by atoms with Gasteiger partial charge in [-0.3, -0.25) is 0 Å². The van der Waals surface area contributed by atoms with Crippen LogP contribution in [-0.4, -0.2) is 54.2 Å². The molecule has 104 valence electrons. The van der Waals surface area contributed by atoms with Crippen molar-refractivity contribution in [3.05, 3.63) is 0 Å². The van der Waals surface area contributed by atoms with Crippen LogP contribution in [0.2, 0.25) is 0 Å². The van der Waals surface area contributed by atoms with E-state index in [-0.39, 0.29) is 5.92 Å². The molecule has 0 aromatic rings. The van der Waals surface area contributed by atoms with Crippen molar-refractivity contribution in [3.63, 3.8) is 0 Å². The molecule has 0 radical (unpaired) electrons. The zero-order valence-electron chi connectivity index (χ0n) is 11.3. The summed E-state index contributed by atoms with van der Waals surface area (Å²) in [6, 6.07) is -0.594. The van der Waals surface area contributed by atoms with Crippen molar-refractivity contribution in [3.8, 4) is 0 Å². The maximum atomic E-state index is 11.5. The van der Waals surface area contributed by atoms with Crippen molar-refractivity contribution in [1.82, 2.24) is 15.5 Å². The number of aliphatic carboxylic acids is 1. The number of carbonyl (C=O) groups excluding carboxylic acids is 1. The monoisotopic (exact) mass is 257 g/mol. The van der Waals surface area contributed by atoms with E-state index in [1.807, 2.05) is 7.05 Å². The summed E-state index contributed by atoms with van der Waals surface area (Å²) in [5, 5.41) is 14.1. The van der Waals surface area contributed by atoms with E-state index in [2.05, 4.69) is 15.5 Å². The third-order valence-electron chi connectivity index (χ3n) is 3.14. The van der Waals surface area contributed by atoms with Crippen LogP contribution in [-0.2, 0) is 4.79 Å². The zero-order valence-corrected chi connectivity index (χ0v) is 11.3. The fourth-order valence-corrected chi connectivity index (χ4v) is 1.75. The predicted octanol–water partition coefficient (Wildman–Crippen LogP) is 0.489. The Balaban J connectivity index is 2.20. The number of rotatable bonds is 7. The van der Waals surface area contributed by atoms with Gasteiger partial charge in [-0.25, -0.2) is 9.59 Å². The smallest absolute Gasteiger partial charge is 0.326 e. The van der Waals surface area contributed by atoms with Gasteiger partial charge in [-0.15, -0.1) is 0 Å². The molecule has 1 fully saturated rings. The Labute approximate surface area is 108 Å². The lowest BCUT2D eigenvalue weighted by atomic mass is 10.1. The van der Waals surface area contributed by atoms with Crippen LogP contribution in [0, 0.1) is 5.92 Å². The van der Waals surface area contributed by atoms with E-state index in [0.717, 1.165) is 6.54 Å². The first-order valence-corrected chi connectivity index (χ1v) is 6.39. The van der Waals surface area contributed by atoms with E-state index in [9.17, 15) is 9.59 Å². The Morgan fingerprint density at radius 3 is 2.44 bits per heavy atom. The minimum atomic E-state index is -1.00. The molecule has 0 heterocycles. The van der Waals surface area contributed by atoms with Crippen molar-refractivity contribution in [1.29, 1.82) is 0 Å². The minimum absolute atomic E-state index is 0.137. The van der Waals surface area contributed by atoms with E-state index in [0.29, 0.717) is 12.6 Å². The summed E-state index contributed by atoms with van der Waals surface area (Å²) >= 11 is 0. The molecule has 1 aliphatic rings. The molecular weight excluding hydrogens is 234 g/mol. The van der Waals surface area contributed by atoms with Crippen molar-refractivity contribution in [2.24, 2.45) is 5.92 Å². The van der Waals surface area contributed by atoms with Crippen LogP contribution in [0.3, 0.4) is 0 Å². The van der Waals surface area contributed by atoms with Gasteiger partial charge in [-0.05, 0) is 25.8 Å². The number of likely N-dealkylation sites (N-methyl/N-ethyl adjacent to an activating group) is 1. The lowest BCUT2D eigenvalue weighted by Gasteiger charge is -2.19. The molecule has 0 saturated heterocycles. The molecule has 0 aromatic carbocycles. The number of nitrogens with zero attached hydrogens (tertiary/aromatic N) is 1. The fraction of sp³-hybridized carbons (Fsp3) is 0.833. The Kier molecular flexibility index (Phi) is 5.40. The SMILES string of the molecule is CC(C)[C@@H](NC(=O)NCCN(C)C1CC1)C(=O)O. The number of urea groups is 1. The molecule has 0 aromatic heterocycles. The number of carboxylic acids is 1. The maximum Gasteiger partial charge on any atom is 0.326 e. The summed E-state index contributed by atoms with van der Waals surface area (Å²) in [6.45, 7) is 4.85. The van der Waals surface area contributed by atoms with Gasteiger partial charge in [0.05, 0.1) is 0 Å². The highest BCUT2D eigenvalue weighted by molar-refractivity contribution is 5.82.